The molecule has 0 aromatic carbocycles. The summed E-state index contributed by atoms with van der Waals surface area (Å²) in [5.74, 6) is 0. The molecule has 4 nitrogen and oxygen atoms in total. The molecule has 2 heterocycles. The third-order valence-electron chi connectivity index (χ3n) is 3.50. The van der Waals surface area contributed by atoms with Crippen molar-refractivity contribution in [2.75, 3.05) is 7.05 Å². The Bertz CT molecular complexity index is 516. The zero-order valence-corrected chi connectivity index (χ0v) is 11.4. The van der Waals surface area contributed by atoms with E-state index in [-0.39, 0.29) is 6.04 Å². The first kappa shape index (κ1) is 12.8. The van der Waals surface area contributed by atoms with E-state index in [0.29, 0.717) is 0 Å². The van der Waals surface area contributed by atoms with E-state index in [1.54, 1.807) is 6.20 Å². The summed E-state index contributed by atoms with van der Waals surface area (Å²) in [6.07, 6.45) is 4.66. The minimum Gasteiger partial charge on any atom is -0.313 e. The van der Waals surface area contributed by atoms with Crippen LogP contribution in [0.25, 0.3) is 0 Å². The quantitative estimate of drug-likeness (QED) is 0.893. The highest BCUT2D eigenvalue weighted by Gasteiger charge is 2.16. The zero-order chi connectivity index (χ0) is 13.1. The summed E-state index contributed by atoms with van der Waals surface area (Å²) >= 11 is 0. The molecule has 0 aliphatic rings. The molecule has 1 unspecified atom stereocenters. The van der Waals surface area contributed by atoms with E-state index in [0.717, 1.165) is 12.1 Å². The molecule has 0 aliphatic carbocycles. The van der Waals surface area contributed by atoms with Gasteiger partial charge in [-0.05, 0) is 44.5 Å². The Morgan fingerprint density at radius 3 is 2.67 bits per heavy atom. The summed E-state index contributed by atoms with van der Waals surface area (Å²) in [6.45, 7) is 4.18. The van der Waals surface area contributed by atoms with Crippen molar-refractivity contribution in [1.82, 2.24) is 20.1 Å². The van der Waals surface area contributed by atoms with Gasteiger partial charge in [0.1, 0.15) is 0 Å². The maximum Gasteiger partial charge on any atom is 0.0629 e. The summed E-state index contributed by atoms with van der Waals surface area (Å²) < 4.78 is 1.95. The highest BCUT2D eigenvalue weighted by Crippen LogP contribution is 2.21. The summed E-state index contributed by atoms with van der Waals surface area (Å²) in [6, 6.07) is 4.36. The fourth-order valence-corrected chi connectivity index (χ4v) is 2.29. The minimum absolute atomic E-state index is 0.278. The third-order valence-corrected chi connectivity index (χ3v) is 3.50. The summed E-state index contributed by atoms with van der Waals surface area (Å²) in [5.41, 5.74) is 4.87. The largest absolute Gasteiger partial charge is 0.313 e. The van der Waals surface area contributed by atoms with Gasteiger partial charge in [0.25, 0.3) is 0 Å². The molecule has 0 radical (unpaired) electrons. The van der Waals surface area contributed by atoms with E-state index >= 15 is 0 Å². The van der Waals surface area contributed by atoms with Gasteiger partial charge in [0.05, 0.1) is 5.69 Å². The Morgan fingerprint density at radius 2 is 2.17 bits per heavy atom. The van der Waals surface area contributed by atoms with Crippen molar-refractivity contribution in [3.8, 4) is 0 Å². The number of nitrogens with one attached hydrogen (secondary N) is 1. The summed E-state index contributed by atoms with van der Waals surface area (Å²) in [7, 11) is 3.98. The molecule has 18 heavy (non-hydrogen) atoms. The van der Waals surface area contributed by atoms with Crippen molar-refractivity contribution < 1.29 is 0 Å². The average molecular weight is 244 g/mol. The topological polar surface area (TPSA) is 42.7 Å². The van der Waals surface area contributed by atoms with Crippen LogP contribution in [0.5, 0.6) is 0 Å². The highest BCUT2D eigenvalue weighted by molar-refractivity contribution is 5.28. The molecule has 0 aliphatic heterocycles. The molecule has 0 saturated carbocycles. The molecule has 2 aromatic rings. The molecule has 1 N–H and O–H groups in total. The van der Waals surface area contributed by atoms with Gasteiger partial charge < -0.3 is 5.32 Å². The number of hydrogen-bond donors (Lipinski definition) is 1. The van der Waals surface area contributed by atoms with Crippen molar-refractivity contribution in [2.45, 2.75) is 26.3 Å². The monoisotopic (exact) mass is 244 g/mol. The lowest BCUT2D eigenvalue weighted by Crippen LogP contribution is -2.19. The fourth-order valence-electron chi connectivity index (χ4n) is 2.29. The third kappa shape index (κ3) is 2.43. The number of aryl methyl sites for hydroxylation is 2. The molecule has 0 amide bonds. The number of likely N-dealkylation sites (N-methyl/N-ethyl adjacent to an activating group) is 1. The second-order valence-electron chi connectivity index (χ2n) is 4.60. The Hall–Kier alpha value is -1.68. The van der Waals surface area contributed by atoms with Crippen molar-refractivity contribution in [1.29, 1.82) is 0 Å². The van der Waals surface area contributed by atoms with Gasteiger partial charge in [-0.25, -0.2) is 0 Å². The van der Waals surface area contributed by atoms with Gasteiger partial charge in [0, 0.05) is 31.2 Å². The number of aromatic nitrogens is 3. The predicted octanol–water partition coefficient (Wildman–Crippen LogP) is 1.94. The molecule has 0 fully saturated rings. The van der Waals surface area contributed by atoms with Gasteiger partial charge in [-0.1, -0.05) is 6.07 Å². The van der Waals surface area contributed by atoms with E-state index in [1.807, 2.05) is 31.0 Å². The minimum atomic E-state index is 0.278. The molecular weight excluding hydrogens is 224 g/mol. The van der Waals surface area contributed by atoms with Crippen LogP contribution in [0.1, 0.15) is 28.6 Å². The first-order chi connectivity index (χ1) is 8.63. The normalized spacial score (nSPS) is 12.7. The number of rotatable bonds is 4. The standard InChI is InChI=1S/C14H20N4/c1-10-13(11(2)18(4)17-10)8-14(15-3)12-6-5-7-16-9-12/h5-7,9,14-15H,8H2,1-4H3. The summed E-state index contributed by atoms with van der Waals surface area (Å²) in [5, 5.41) is 7.82. The molecule has 4 heteroatoms. The Kier molecular flexibility index (Phi) is 3.77. The van der Waals surface area contributed by atoms with Gasteiger partial charge in [-0.15, -0.1) is 0 Å². The second kappa shape index (κ2) is 5.31. The fraction of sp³-hybridized carbons (Fsp3) is 0.429. The molecule has 2 rings (SSSR count). The van der Waals surface area contributed by atoms with Gasteiger partial charge in [-0.2, -0.15) is 5.10 Å². The van der Waals surface area contributed by atoms with Gasteiger partial charge in [0.2, 0.25) is 0 Å². The Balaban J connectivity index is 2.26. The van der Waals surface area contributed by atoms with Crippen LogP contribution >= 0.6 is 0 Å². The summed E-state index contributed by atoms with van der Waals surface area (Å²) in [4.78, 5) is 4.18. The highest BCUT2D eigenvalue weighted by atomic mass is 15.3. The molecule has 96 valence electrons. The van der Waals surface area contributed by atoms with Gasteiger partial charge in [-0.3, -0.25) is 9.67 Å². The first-order valence-corrected chi connectivity index (χ1v) is 6.19. The molecule has 1 atom stereocenters. The van der Waals surface area contributed by atoms with Crippen molar-refractivity contribution in [3.05, 3.63) is 47.0 Å². The van der Waals surface area contributed by atoms with Gasteiger partial charge >= 0.3 is 0 Å². The SMILES string of the molecule is CNC(Cc1c(C)nn(C)c1C)c1cccnc1. The van der Waals surface area contributed by atoms with Crippen molar-refractivity contribution in [2.24, 2.45) is 7.05 Å². The smallest absolute Gasteiger partial charge is 0.0629 e. The number of hydrogen-bond acceptors (Lipinski definition) is 3. The van der Waals surface area contributed by atoms with E-state index in [2.05, 4.69) is 35.3 Å². The Labute approximate surface area is 108 Å². The van der Waals surface area contributed by atoms with Crippen LogP contribution in [0.2, 0.25) is 0 Å². The van der Waals surface area contributed by atoms with E-state index in [1.165, 1.54) is 16.8 Å². The number of nitrogens with zero attached hydrogens (tertiary/aromatic N) is 3. The molecule has 0 saturated heterocycles. The van der Waals surface area contributed by atoms with Crippen LogP contribution < -0.4 is 5.32 Å². The lowest BCUT2D eigenvalue weighted by molar-refractivity contribution is 0.586. The van der Waals surface area contributed by atoms with Crippen LogP contribution in [0.4, 0.5) is 0 Å². The van der Waals surface area contributed by atoms with Crippen LogP contribution in [-0.4, -0.2) is 21.8 Å². The van der Waals surface area contributed by atoms with Crippen LogP contribution in [-0.2, 0) is 13.5 Å². The van der Waals surface area contributed by atoms with E-state index in [9.17, 15) is 0 Å². The predicted molar refractivity (Wildman–Crippen MR) is 72.4 cm³/mol. The zero-order valence-electron chi connectivity index (χ0n) is 11.4. The second-order valence-corrected chi connectivity index (χ2v) is 4.60. The maximum atomic E-state index is 4.46. The molecular formula is C14H20N4. The number of pyridine rings is 1. The van der Waals surface area contributed by atoms with Crippen LogP contribution in [0.15, 0.2) is 24.5 Å². The average Bonchev–Trinajstić information content (AvgIpc) is 2.62. The van der Waals surface area contributed by atoms with Crippen molar-refractivity contribution in [3.63, 3.8) is 0 Å². The van der Waals surface area contributed by atoms with Crippen molar-refractivity contribution >= 4 is 0 Å². The maximum absolute atomic E-state index is 4.46. The van der Waals surface area contributed by atoms with Crippen LogP contribution in [0, 0.1) is 13.8 Å². The Morgan fingerprint density at radius 1 is 1.39 bits per heavy atom. The lowest BCUT2D eigenvalue weighted by Gasteiger charge is -2.16. The van der Waals surface area contributed by atoms with Gasteiger partial charge in [0.15, 0.2) is 0 Å². The van der Waals surface area contributed by atoms with E-state index in [4.69, 9.17) is 0 Å². The lowest BCUT2D eigenvalue weighted by atomic mass is 9.99. The molecule has 0 bridgehead atoms. The molecule has 2 aromatic heterocycles. The first-order valence-electron chi connectivity index (χ1n) is 6.19. The van der Waals surface area contributed by atoms with E-state index < -0.39 is 0 Å². The molecule has 0 spiro atoms. The van der Waals surface area contributed by atoms with Crippen LogP contribution in [0.3, 0.4) is 0 Å².